The van der Waals surface area contributed by atoms with Crippen LogP contribution in [0.1, 0.15) is 0 Å². The van der Waals surface area contributed by atoms with Gasteiger partial charge in [-0.3, -0.25) is 0 Å². The summed E-state index contributed by atoms with van der Waals surface area (Å²) in [5.41, 5.74) is 16.5. The molecule has 12 rings (SSSR count). The topological polar surface area (TPSA) is 35.6 Å². The Morgan fingerprint density at radius 1 is 0.242 bits per heavy atom. The first kappa shape index (κ1) is 35.6. The number of fused-ring (bicyclic) bond motifs is 6. The number of aromatic nitrogens is 4. The lowest BCUT2D eigenvalue weighted by molar-refractivity contribution is 1.18. The molecule has 0 saturated carbocycles. The number of hydrogen-bond donors (Lipinski definition) is 0. The van der Waals surface area contributed by atoms with Gasteiger partial charge in [0.05, 0.1) is 33.5 Å². The minimum Gasteiger partial charge on any atom is -0.309 e. The van der Waals surface area contributed by atoms with Crippen molar-refractivity contribution < 1.29 is 0 Å². The first-order valence-electron chi connectivity index (χ1n) is 21.1. The first-order chi connectivity index (χ1) is 30.7. The zero-order valence-corrected chi connectivity index (χ0v) is 33.7. The predicted molar refractivity (Wildman–Crippen MR) is 258 cm³/mol. The lowest BCUT2D eigenvalue weighted by atomic mass is 9.99. The van der Waals surface area contributed by atoms with Crippen molar-refractivity contribution in [2.75, 3.05) is 0 Å². The average molecular weight is 791 g/mol. The molecule has 0 amide bonds. The van der Waals surface area contributed by atoms with Gasteiger partial charge in [-0.2, -0.15) is 0 Å². The van der Waals surface area contributed by atoms with Crippen molar-refractivity contribution in [3.63, 3.8) is 0 Å². The third kappa shape index (κ3) is 6.08. The molecule has 0 fully saturated rings. The molecule has 0 saturated heterocycles. The van der Waals surface area contributed by atoms with Gasteiger partial charge in [0.1, 0.15) is 0 Å². The summed E-state index contributed by atoms with van der Waals surface area (Å²) >= 11 is 0. The van der Waals surface area contributed by atoms with E-state index in [2.05, 4.69) is 215 Å². The van der Waals surface area contributed by atoms with Gasteiger partial charge in [-0.05, 0) is 82.9 Å². The fourth-order valence-electron chi connectivity index (χ4n) is 9.18. The summed E-state index contributed by atoms with van der Waals surface area (Å²) in [6.07, 6.45) is 0. The van der Waals surface area contributed by atoms with Crippen LogP contribution in [0.3, 0.4) is 0 Å². The molecule has 0 radical (unpaired) electrons. The summed E-state index contributed by atoms with van der Waals surface area (Å²) in [5, 5.41) is 4.95. The van der Waals surface area contributed by atoms with Crippen molar-refractivity contribution >= 4 is 43.6 Å². The Kier molecular flexibility index (Phi) is 8.46. The van der Waals surface area contributed by atoms with E-state index in [4.69, 9.17) is 9.97 Å². The molecule has 4 heteroatoms. The summed E-state index contributed by atoms with van der Waals surface area (Å²) in [7, 11) is 0. The molecule has 4 nitrogen and oxygen atoms in total. The van der Waals surface area contributed by atoms with Crippen molar-refractivity contribution in [3.8, 4) is 67.5 Å². The SMILES string of the molecule is c1ccc(-c2cc(-c3cccc(-c4ccc5c6ccccc6n(-c6cccc(-c7ccc8c9ccccc9n(-c9ccccc9)c8c7)c6)c5c4)c3)nc(-c3ccccc3)n2)cc1. The second-order valence-electron chi connectivity index (χ2n) is 15.8. The molecule has 62 heavy (non-hydrogen) atoms. The van der Waals surface area contributed by atoms with E-state index in [0.29, 0.717) is 5.82 Å². The van der Waals surface area contributed by atoms with E-state index >= 15 is 0 Å². The van der Waals surface area contributed by atoms with Gasteiger partial charge in [0, 0.05) is 49.6 Å². The van der Waals surface area contributed by atoms with Crippen molar-refractivity contribution in [2.45, 2.75) is 0 Å². The van der Waals surface area contributed by atoms with Gasteiger partial charge in [0.25, 0.3) is 0 Å². The van der Waals surface area contributed by atoms with Crippen LogP contribution in [0.2, 0.25) is 0 Å². The predicted octanol–water partition coefficient (Wildman–Crippen LogP) is 15.0. The Morgan fingerprint density at radius 3 is 1.29 bits per heavy atom. The summed E-state index contributed by atoms with van der Waals surface area (Å²) in [6, 6.07) is 82.3. The molecule has 12 aromatic rings. The van der Waals surface area contributed by atoms with Crippen LogP contribution in [0.4, 0.5) is 0 Å². The van der Waals surface area contributed by atoms with E-state index in [0.717, 1.165) is 56.1 Å². The molecule has 0 aliphatic heterocycles. The highest BCUT2D eigenvalue weighted by atomic mass is 15.0. The highest BCUT2D eigenvalue weighted by Crippen LogP contribution is 2.39. The smallest absolute Gasteiger partial charge is 0.160 e. The third-order valence-corrected chi connectivity index (χ3v) is 12.1. The molecule has 0 unspecified atom stereocenters. The van der Waals surface area contributed by atoms with Gasteiger partial charge < -0.3 is 9.13 Å². The average Bonchev–Trinajstić information content (AvgIpc) is 3.87. The van der Waals surface area contributed by atoms with Crippen LogP contribution < -0.4 is 0 Å². The van der Waals surface area contributed by atoms with Gasteiger partial charge in [0.2, 0.25) is 0 Å². The maximum Gasteiger partial charge on any atom is 0.160 e. The van der Waals surface area contributed by atoms with E-state index in [-0.39, 0.29) is 0 Å². The third-order valence-electron chi connectivity index (χ3n) is 12.1. The second kappa shape index (κ2) is 14.7. The monoisotopic (exact) mass is 790 g/mol. The normalized spacial score (nSPS) is 11.5. The summed E-state index contributed by atoms with van der Waals surface area (Å²) in [6.45, 7) is 0. The number of nitrogens with zero attached hydrogens (tertiary/aromatic N) is 4. The fraction of sp³-hybridized carbons (Fsp3) is 0. The quantitative estimate of drug-likeness (QED) is 0.161. The first-order valence-corrected chi connectivity index (χ1v) is 21.1. The minimum atomic E-state index is 0.707. The van der Waals surface area contributed by atoms with Crippen LogP contribution in [0.25, 0.3) is 111 Å². The minimum absolute atomic E-state index is 0.707. The number of para-hydroxylation sites is 3. The molecule has 0 aliphatic carbocycles. The maximum atomic E-state index is 5.13. The zero-order valence-electron chi connectivity index (χ0n) is 33.7. The highest BCUT2D eigenvalue weighted by Gasteiger charge is 2.17. The molecule has 0 atom stereocenters. The van der Waals surface area contributed by atoms with Crippen LogP contribution in [0.5, 0.6) is 0 Å². The molecule has 290 valence electrons. The molecule has 0 aliphatic rings. The molecule has 9 aromatic carbocycles. The number of rotatable bonds is 7. The standard InChI is InChI=1S/C58H38N4/c1-4-16-39(17-5-1)52-38-53(60-58(59-52)40-18-6-2-7-19-40)45-22-14-20-41(34-45)43-30-32-51-49-27-11-13-29-55(49)62(57(51)36-43)47-25-15-21-42(35-47)44-31-33-50-48-26-10-12-28-54(48)61(56(50)37-44)46-23-8-3-9-24-46/h1-38H. The highest BCUT2D eigenvalue weighted by molar-refractivity contribution is 6.11. The van der Waals surface area contributed by atoms with Crippen molar-refractivity contribution in [2.24, 2.45) is 0 Å². The molecule has 0 spiro atoms. The Morgan fingerprint density at radius 2 is 0.661 bits per heavy atom. The Balaban J connectivity index is 0.978. The fourth-order valence-corrected chi connectivity index (χ4v) is 9.18. The van der Waals surface area contributed by atoms with Crippen LogP contribution in [0, 0.1) is 0 Å². The summed E-state index contributed by atoms with van der Waals surface area (Å²) in [4.78, 5) is 10.2. The molecular formula is C58H38N4. The van der Waals surface area contributed by atoms with Crippen molar-refractivity contribution in [3.05, 3.63) is 231 Å². The second-order valence-corrected chi connectivity index (χ2v) is 15.8. The van der Waals surface area contributed by atoms with Crippen molar-refractivity contribution in [1.29, 1.82) is 0 Å². The number of benzene rings is 9. The Bertz CT molecular complexity index is 3560. The molecule has 3 heterocycles. The molecule has 0 bridgehead atoms. The maximum absolute atomic E-state index is 5.13. The van der Waals surface area contributed by atoms with Gasteiger partial charge in [0.15, 0.2) is 5.82 Å². The van der Waals surface area contributed by atoms with E-state index in [1.165, 1.54) is 49.2 Å². The number of hydrogen-bond acceptors (Lipinski definition) is 2. The lowest BCUT2D eigenvalue weighted by Gasteiger charge is -2.13. The van der Waals surface area contributed by atoms with E-state index in [9.17, 15) is 0 Å². The zero-order chi connectivity index (χ0) is 41.0. The van der Waals surface area contributed by atoms with Gasteiger partial charge in [-0.15, -0.1) is 0 Å². The largest absolute Gasteiger partial charge is 0.309 e. The van der Waals surface area contributed by atoms with E-state index < -0.39 is 0 Å². The summed E-state index contributed by atoms with van der Waals surface area (Å²) < 4.78 is 4.81. The van der Waals surface area contributed by atoms with Crippen LogP contribution in [-0.2, 0) is 0 Å². The van der Waals surface area contributed by atoms with Crippen LogP contribution in [0.15, 0.2) is 231 Å². The molecule has 3 aromatic heterocycles. The molecule has 0 N–H and O–H groups in total. The van der Waals surface area contributed by atoms with E-state index in [1.54, 1.807) is 0 Å². The van der Waals surface area contributed by atoms with Crippen LogP contribution >= 0.6 is 0 Å². The van der Waals surface area contributed by atoms with Crippen molar-refractivity contribution in [1.82, 2.24) is 19.1 Å². The summed E-state index contributed by atoms with van der Waals surface area (Å²) in [5.74, 6) is 0.707. The van der Waals surface area contributed by atoms with Gasteiger partial charge in [-0.25, -0.2) is 9.97 Å². The Hall–Kier alpha value is -8.34. The lowest BCUT2D eigenvalue weighted by Crippen LogP contribution is -1.96. The Labute approximate surface area is 359 Å². The van der Waals surface area contributed by atoms with E-state index in [1.807, 2.05) is 24.3 Å². The van der Waals surface area contributed by atoms with Gasteiger partial charge >= 0.3 is 0 Å². The van der Waals surface area contributed by atoms with Gasteiger partial charge in [-0.1, -0.05) is 170 Å². The molecular weight excluding hydrogens is 753 g/mol. The van der Waals surface area contributed by atoms with Crippen LogP contribution in [-0.4, -0.2) is 19.1 Å².